The van der Waals surface area contributed by atoms with Crippen molar-refractivity contribution in [3.05, 3.63) is 23.8 Å². The molecule has 0 amide bonds. The van der Waals surface area contributed by atoms with Crippen LogP contribution in [0, 0.1) is 5.41 Å². The van der Waals surface area contributed by atoms with Gasteiger partial charge in [0.2, 0.25) is 0 Å². The third-order valence-corrected chi connectivity index (χ3v) is 7.17. The number of Topliss-reactive ketones (excluding diaryl/α,β-unsaturated/α-hetero) is 1. The number of phenolic OH excluding ortho intramolecular Hbond substituents is 1. The van der Waals surface area contributed by atoms with Crippen molar-refractivity contribution in [2.45, 2.75) is 115 Å². The van der Waals surface area contributed by atoms with Crippen molar-refractivity contribution < 1.29 is 19.7 Å². The molecule has 0 radical (unpaired) electrons. The van der Waals surface area contributed by atoms with Gasteiger partial charge in [0.1, 0.15) is 5.78 Å². The van der Waals surface area contributed by atoms with Gasteiger partial charge in [-0.05, 0) is 74.5 Å². The number of aliphatic hydroxyl groups is 1. The van der Waals surface area contributed by atoms with Crippen LogP contribution >= 0.6 is 0 Å². The molecule has 0 bridgehead atoms. The number of ketones is 1. The van der Waals surface area contributed by atoms with E-state index in [1.54, 1.807) is 6.07 Å². The van der Waals surface area contributed by atoms with Crippen LogP contribution in [0.4, 0.5) is 0 Å². The lowest BCUT2D eigenvalue weighted by atomic mass is 9.72. The monoisotopic (exact) mass is 416 g/mol. The average molecular weight is 417 g/mol. The SMILES string of the molecule is CCCCC[C@@H](O)CC(=O)CCc1ccc(O)c(O[C@@H]2CCCC3(CCCC3)C2)c1. The fraction of sp³-hybridized carbons (Fsp3) is 0.731. The minimum absolute atomic E-state index is 0.102. The Bertz CT molecular complexity index is 678. The number of hydrogen-bond donors (Lipinski definition) is 2. The quantitative estimate of drug-likeness (QED) is 0.427. The lowest BCUT2D eigenvalue weighted by Crippen LogP contribution is -2.32. The second-order valence-electron chi connectivity index (χ2n) is 9.74. The zero-order valence-electron chi connectivity index (χ0n) is 18.7. The largest absolute Gasteiger partial charge is 0.504 e. The van der Waals surface area contributed by atoms with Gasteiger partial charge in [-0.25, -0.2) is 0 Å². The minimum atomic E-state index is -0.517. The summed E-state index contributed by atoms with van der Waals surface area (Å²) in [6.45, 7) is 2.13. The molecule has 0 heterocycles. The van der Waals surface area contributed by atoms with Gasteiger partial charge in [0.25, 0.3) is 0 Å². The van der Waals surface area contributed by atoms with E-state index < -0.39 is 6.10 Å². The maximum atomic E-state index is 12.2. The molecule has 0 aliphatic heterocycles. The molecule has 2 N–H and O–H groups in total. The van der Waals surface area contributed by atoms with Gasteiger partial charge < -0.3 is 14.9 Å². The number of rotatable bonds is 11. The summed E-state index contributed by atoms with van der Waals surface area (Å²) in [5, 5.41) is 20.3. The Hall–Kier alpha value is -1.55. The maximum Gasteiger partial charge on any atom is 0.161 e. The zero-order chi connectivity index (χ0) is 21.4. The predicted octanol–water partition coefficient (Wildman–Crippen LogP) is 6.11. The van der Waals surface area contributed by atoms with E-state index in [1.165, 1.54) is 38.5 Å². The van der Waals surface area contributed by atoms with Crippen LogP contribution in [0.5, 0.6) is 11.5 Å². The Morgan fingerprint density at radius 2 is 1.97 bits per heavy atom. The lowest BCUT2D eigenvalue weighted by molar-refractivity contribution is -0.121. The maximum absolute atomic E-state index is 12.2. The third-order valence-electron chi connectivity index (χ3n) is 7.17. The highest BCUT2D eigenvalue weighted by Gasteiger charge is 2.39. The fourth-order valence-electron chi connectivity index (χ4n) is 5.44. The highest BCUT2D eigenvalue weighted by Crippen LogP contribution is 2.49. The molecule has 1 aromatic carbocycles. The number of benzene rings is 1. The van der Waals surface area contributed by atoms with Crippen LogP contribution in [-0.4, -0.2) is 28.2 Å². The fourth-order valence-corrected chi connectivity index (χ4v) is 5.44. The summed E-state index contributed by atoms with van der Waals surface area (Å²) in [7, 11) is 0. The number of ether oxygens (including phenoxy) is 1. The summed E-state index contributed by atoms with van der Waals surface area (Å²) >= 11 is 0. The van der Waals surface area contributed by atoms with Crippen LogP contribution < -0.4 is 4.74 Å². The van der Waals surface area contributed by atoms with Crippen molar-refractivity contribution >= 4 is 5.78 Å². The molecule has 4 heteroatoms. The van der Waals surface area contributed by atoms with Gasteiger partial charge in [-0.3, -0.25) is 4.79 Å². The molecular formula is C26H40O4. The van der Waals surface area contributed by atoms with Gasteiger partial charge in [-0.1, -0.05) is 45.1 Å². The van der Waals surface area contributed by atoms with Gasteiger partial charge in [0.05, 0.1) is 12.2 Å². The van der Waals surface area contributed by atoms with Gasteiger partial charge in [0, 0.05) is 12.8 Å². The number of carbonyl (C=O) groups excluding carboxylic acids is 1. The van der Waals surface area contributed by atoms with E-state index in [1.807, 2.05) is 12.1 Å². The zero-order valence-corrected chi connectivity index (χ0v) is 18.7. The highest BCUT2D eigenvalue weighted by molar-refractivity contribution is 5.79. The van der Waals surface area contributed by atoms with Crippen molar-refractivity contribution in [2.24, 2.45) is 5.41 Å². The molecule has 2 atom stereocenters. The first kappa shape index (κ1) is 23.1. The smallest absolute Gasteiger partial charge is 0.161 e. The van der Waals surface area contributed by atoms with Crippen LogP contribution in [0.15, 0.2) is 18.2 Å². The second-order valence-corrected chi connectivity index (χ2v) is 9.74. The first-order valence-electron chi connectivity index (χ1n) is 12.2. The molecular weight excluding hydrogens is 376 g/mol. The predicted molar refractivity (Wildman–Crippen MR) is 120 cm³/mol. The minimum Gasteiger partial charge on any atom is -0.504 e. The highest BCUT2D eigenvalue weighted by atomic mass is 16.5. The van der Waals surface area contributed by atoms with Crippen molar-refractivity contribution in [1.29, 1.82) is 0 Å². The van der Waals surface area contributed by atoms with Crippen molar-refractivity contribution in [1.82, 2.24) is 0 Å². The van der Waals surface area contributed by atoms with E-state index in [0.717, 1.165) is 37.7 Å². The van der Waals surface area contributed by atoms with Crippen molar-refractivity contribution in [2.75, 3.05) is 0 Å². The number of aryl methyl sites for hydroxylation is 1. The summed E-state index contributed by atoms with van der Waals surface area (Å²) in [6, 6.07) is 5.45. The Balaban J connectivity index is 1.49. The van der Waals surface area contributed by atoms with E-state index in [-0.39, 0.29) is 24.1 Å². The number of hydrogen-bond acceptors (Lipinski definition) is 4. The number of carbonyl (C=O) groups is 1. The average Bonchev–Trinajstić information content (AvgIpc) is 3.16. The van der Waals surface area contributed by atoms with Crippen LogP contribution in [0.25, 0.3) is 0 Å². The van der Waals surface area contributed by atoms with E-state index in [9.17, 15) is 15.0 Å². The van der Waals surface area contributed by atoms with Gasteiger partial charge in [-0.2, -0.15) is 0 Å². The molecule has 0 saturated heterocycles. The number of aromatic hydroxyl groups is 1. The van der Waals surface area contributed by atoms with Crippen molar-refractivity contribution in [3.8, 4) is 11.5 Å². The molecule has 2 aliphatic carbocycles. The Kier molecular flexibility index (Phi) is 8.61. The van der Waals surface area contributed by atoms with E-state index in [0.29, 0.717) is 30.4 Å². The molecule has 3 rings (SSSR count). The molecule has 0 aromatic heterocycles. The molecule has 168 valence electrons. The Labute approximate surface area is 182 Å². The van der Waals surface area contributed by atoms with E-state index in [2.05, 4.69) is 6.92 Å². The molecule has 0 unspecified atom stereocenters. The molecule has 1 spiro atoms. The Morgan fingerprint density at radius 1 is 1.20 bits per heavy atom. The summed E-state index contributed by atoms with van der Waals surface area (Å²) in [5.41, 5.74) is 1.48. The van der Waals surface area contributed by atoms with Crippen molar-refractivity contribution in [3.63, 3.8) is 0 Å². The van der Waals surface area contributed by atoms with E-state index in [4.69, 9.17) is 4.74 Å². The first-order chi connectivity index (χ1) is 14.5. The van der Waals surface area contributed by atoms with Crippen LogP contribution in [0.3, 0.4) is 0 Å². The van der Waals surface area contributed by atoms with E-state index >= 15 is 0 Å². The molecule has 2 fully saturated rings. The molecule has 2 saturated carbocycles. The standard InChI is InChI=1S/C26H40O4/c1-2-3-4-8-21(27)18-22(28)12-10-20-11-13-24(29)25(17-20)30-23-9-7-16-26(19-23)14-5-6-15-26/h11,13,17,21,23,27,29H,2-10,12,14-16,18-19H2,1H3/t21-,23-/m1/s1. The summed E-state index contributed by atoms with van der Waals surface area (Å²) in [5.74, 6) is 0.840. The Morgan fingerprint density at radius 3 is 2.73 bits per heavy atom. The van der Waals surface area contributed by atoms with Crippen LogP contribution in [-0.2, 0) is 11.2 Å². The van der Waals surface area contributed by atoms with Crippen LogP contribution in [0.1, 0.15) is 102 Å². The molecule has 30 heavy (non-hydrogen) atoms. The molecule has 1 aromatic rings. The van der Waals surface area contributed by atoms with Crippen LogP contribution in [0.2, 0.25) is 0 Å². The lowest BCUT2D eigenvalue weighted by Gasteiger charge is -2.38. The first-order valence-corrected chi connectivity index (χ1v) is 12.2. The normalized spacial score (nSPS) is 21.6. The summed E-state index contributed by atoms with van der Waals surface area (Å²) in [6.07, 6.45) is 14.9. The number of phenols is 1. The molecule has 2 aliphatic rings. The summed E-state index contributed by atoms with van der Waals surface area (Å²) in [4.78, 5) is 12.2. The number of unbranched alkanes of at least 4 members (excludes halogenated alkanes) is 2. The summed E-state index contributed by atoms with van der Waals surface area (Å²) < 4.78 is 6.26. The van der Waals surface area contributed by atoms with Gasteiger partial charge >= 0.3 is 0 Å². The second kappa shape index (κ2) is 11.2. The van der Waals surface area contributed by atoms with Gasteiger partial charge in [-0.15, -0.1) is 0 Å². The number of aliphatic hydroxyl groups excluding tert-OH is 1. The topological polar surface area (TPSA) is 66.8 Å². The third kappa shape index (κ3) is 6.73. The molecule has 4 nitrogen and oxygen atoms in total. The van der Waals surface area contributed by atoms with Gasteiger partial charge in [0.15, 0.2) is 11.5 Å².